The van der Waals surface area contributed by atoms with E-state index in [-0.39, 0.29) is 12.2 Å². The lowest BCUT2D eigenvalue weighted by Crippen LogP contribution is -2.39. The van der Waals surface area contributed by atoms with Crippen LogP contribution in [0.3, 0.4) is 0 Å². The Morgan fingerprint density at radius 3 is 2.64 bits per heavy atom. The van der Waals surface area contributed by atoms with E-state index in [0.717, 1.165) is 27.6 Å². The molecule has 36 heavy (non-hydrogen) atoms. The maximum Gasteiger partial charge on any atom is 0.338 e. The molecule has 0 amide bonds. The van der Waals surface area contributed by atoms with Crippen molar-refractivity contribution in [1.29, 1.82) is 0 Å². The van der Waals surface area contributed by atoms with E-state index >= 15 is 0 Å². The predicted octanol–water partition coefficient (Wildman–Crippen LogP) is 4.25. The second-order valence-electron chi connectivity index (χ2n) is 8.76. The molecule has 0 unspecified atom stereocenters. The standard InChI is InChI=1S/C29H27N3O3S/c1-5-15-31-17-21(22-9-7-8-10-23(22)31)16-24-27(33)32-26(20-13-11-18(3)12-14-20)25(28(34)35-6-2)19(4)30-29(32)36-24/h5,7-14,16-17,26H,1,6,15H2,2-4H3/b24-16-/t26-/m0/s1. The number of rotatable bonds is 6. The number of carbonyl (C=O) groups is 1. The van der Waals surface area contributed by atoms with Gasteiger partial charge in [0.1, 0.15) is 0 Å². The lowest BCUT2D eigenvalue weighted by molar-refractivity contribution is -0.139. The zero-order chi connectivity index (χ0) is 25.4. The monoisotopic (exact) mass is 497 g/mol. The van der Waals surface area contributed by atoms with Gasteiger partial charge in [0.2, 0.25) is 0 Å². The number of aryl methyl sites for hydroxylation is 1. The normalized spacial score (nSPS) is 15.6. The number of hydrogen-bond donors (Lipinski definition) is 0. The van der Waals surface area contributed by atoms with Gasteiger partial charge in [-0.2, -0.15) is 0 Å². The summed E-state index contributed by atoms with van der Waals surface area (Å²) in [6.07, 6.45) is 5.81. The molecule has 2 aromatic carbocycles. The molecule has 0 spiro atoms. The first kappa shape index (κ1) is 23.8. The third-order valence-electron chi connectivity index (χ3n) is 6.34. The molecule has 2 aromatic heterocycles. The van der Waals surface area contributed by atoms with Crippen molar-refractivity contribution in [3.63, 3.8) is 0 Å². The molecule has 0 saturated carbocycles. The fourth-order valence-corrected chi connectivity index (χ4v) is 5.71. The summed E-state index contributed by atoms with van der Waals surface area (Å²) < 4.78 is 9.67. The van der Waals surface area contributed by atoms with E-state index in [1.54, 1.807) is 18.4 Å². The van der Waals surface area contributed by atoms with E-state index in [1.807, 2.05) is 61.7 Å². The number of aromatic nitrogens is 2. The average molecular weight is 498 g/mol. The Morgan fingerprint density at radius 2 is 1.92 bits per heavy atom. The van der Waals surface area contributed by atoms with Gasteiger partial charge in [-0.05, 0) is 38.5 Å². The number of esters is 1. The molecule has 7 heteroatoms. The van der Waals surface area contributed by atoms with Gasteiger partial charge in [-0.1, -0.05) is 65.4 Å². The van der Waals surface area contributed by atoms with Gasteiger partial charge in [-0.25, -0.2) is 9.79 Å². The third kappa shape index (κ3) is 4.05. The van der Waals surface area contributed by atoms with Crippen molar-refractivity contribution in [3.05, 3.63) is 115 Å². The van der Waals surface area contributed by atoms with Crippen molar-refractivity contribution in [2.45, 2.75) is 33.4 Å². The number of para-hydroxylation sites is 1. The smallest absolute Gasteiger partial charge is 0.338 e. The number of nitrogens with zero attached hydrogens (tertiary/aromatic N) is 3. The lowest BCUT2D eigenvalue weighted by atomic mass is 9.95. The third-order valence-corrected chi connectivity index (χ3v) is 7.32. The lowest BCUT2D eigenvalue weighted by Gasteiger charge is -2.24. The summed E-state index contributed by atoms with van der Waals surface area (Å²) in [5.41, 5.74) is 4.74. The molecule has 1 aliphatic heterocycles. The second kappa shape index (κ2) is 9.59. The maximum atomic E-state index is 13.9. The van der Waals surface area contributed by atoms with Crippen molar-refractivity contribution in [3.8, 4) is 0 Å². The molecular weight excluding hydrogens is 470 g/mol. The Morgan fingerprint density at radius 1 is 1.17 bits per heavy atom. The number of allylic oxidation sites excluding steroid dienone is 2. The number of ether oxygens (including phenoxy) is 1. The van der Waals surface area contributed by atoms with Crippen LogP contribution in [0.2, 0.25) is 0 Å². The highest BCUT2D eigenvalue weighted by molar-refractivity contribution is 7.07. The Balaban J connectivity index is 1.74. The van der Waals surface area contributed by atoms with Crippen LogP contribution in [0.25, 0.3) is 17.0 Å². The molecule has 5 rings (SSSR count). The van der Waals surface area contributed by atoms with Gasteiger partial charge in [0, 0.05) is 29.2 Å². The van der Waals surface area contributed by atoms with Crippen molar-refractivity contribution in [2.75, 3.05) is 6.61 Å². The number of benzene rings is 2. The van der Waals surface area contributed by atoms with Crippen LogP contribution in [0.5, 0.6) is 0 Å². The van der Waals surface area contributed by atoms with Gasteiger partial charge in [0.05, 0.1) is 28.5 Å². The highest BCUT2D eigenvalue weighted by atomic mass is 32.1. The fraction of sp³-hybridized carbons (Fsp3) is 0.207. The van der Waals surface area contributed by atoms with Crippen molar-refractivity contribution >= 4 is 34.3 Å². The van der Waals surface area contributed by atoms with Gasteiger partial charge in [0.25, 0.3) is 5.56 Å². The molecule has 0 saturated heterocycles. The Hall–Kier alpha value is -3.97. The zero-order valence-corrected chi connectivity index (χ0v) is 21.3. The minimum Gasteiger partial charge on any atom is -0.463 e. The Labute approximate surface area is 212 Å². The van der Waals surface area contributed by atoms with Gasteiger partial charge < -0.3 is 9.30 Å². The minimum atomic E-state index is -0.606. The van der Waals surface area contributed by atoms with Crippen molar-refractivity contribution < 1.29 is 9.53 Å². The molecule has 3 heterocycles. The van der Waals surface area contributed by atoms with Crippen LogP contribution >= 0.6 is 11.3 Å². The van der Waals surface area contributed by atoms with Crippen molar-refractivity contribution in [1.82, 2.24) is 9.13 Å². The molecular formula is C29H27N3O3S. The Bertz CT molecular complexity index is 1700. The molecule has 0 N–H and O–H groups in total. The quantitative estimate of drug-likeness (QED) is 0.296. The van der Waals surface area contributed by atoms with E-state index < -0.39 is 12.0 Å². The molecule has 0 fully saturated rings. The average Bonchev–Trinajstić information content (AvgIpc) is 3.36. The summed E-state index contributed by atoms with van der Waals surface area (Å²) in [5, 5.41) is 1.06. The highest BCUT2D eigenvalue weighted by Crippen LogP contribution is 2.31. The van der Waals surface area contributed by atoms with E-state index in [0.29, 0.717) is 27.1 Å². The SMILES string of the molecule is C=CCn1cc(/C=c2\sc3n(c2=O)[C@@H](c2ccc(C)cc2)C(C(=O)OCC)=C(C)N=3)c2ccccc21. The summed E-state index contributed by atoms with van der Waals surface area (Å²) >= 11 is 1.33. The van der Waals surface area contributed by atoms with Crippen LogP contribution in [0.4, 0.5) is 0 Å². The molecule has 0 aliphatic carbocycles. The van der Waals surface area contributed by atoms with E-state index in [9.17, 15) is 9.59 Å². The van der Waals surface area contributed by atoms with E-state index in [4.69, 9.17) is 4.74 Å². The molecule has 0 bridgehead atoms. The van der Waals surface area contributed by atoms with E-state index in [2.05, 4.69) is 28.3 Å². The summed E-state index contributed by atoms with van der Waals surface area (Å²) in [6, 6.07) is 15.4. The largest absolute Gasteiger partial charge is 0.463 e. The first-order valence-electron chi connectivity index (χ1n) is 11.9. The highest BCUT2D eigenvalue weighted by Gasteiger charge is 2.33. The van der Waals surface area contributed by atoms with Gasteiger partial charge in [0.15, 0.2) is 4.80 Å². The van der Waals surface area contributed by atoms with E-state index in [1.165, 1.54) is 11.3 Å². The number of hydrogen-bond acceptors (Lipinski definition) is 5. The van der Waals surface area contributed by atoms with Crippen LogP contribution in [0, 0.1) is 6.92 Å². The van der Waals surface area contributed by atoms with Crippen LogP contribution in [-0.4, -0.2) is 21.7 Å². The van der Waals surface area contributed by atoms with Crippen LogP contribution < -0.4 is 14.9 Å². The molecule has 1 aliphatic rings. The Kier molecular flexibility index (Phi) is 6.33. The first-order valence-corrected chi connectivity index (χ1v) is 12.7. The fourth-order valence-electron chi connectivity index (χ4n) is 4.68. The molecule has 4 aromatic rings. The number of fused-ring (bicyclic) bond motifs is 2. The summed E-state index contributed by atoms with van der Waals surface area (Å²) in [7, 11) is 0. The molecule has 0 radical (unpaired) electrons. The zero-order valence-electron chi connectivity index (χ0n) is 20.5. The minimum absolute atomic E-state index is 0.181. The molecule has 1 atom stereocenters. The topological polar surface area (TPSA) is 65.6 Å². The number of carbonyl (C=O) groups excluding carboxylic acids is 1. The maximum absolute atomic E-state index is 13.9. The van der Waals surface area contributed by atoms with Crippen molar-refractivity contribution in [2.24, 2.45) is 4.99 Å². The van der Waals surface area contributed by atoms with Crippen LogP contribution in [0.15, 0.2) is 88.4 Å². The summed E-state index contributed by atoms with van der Waals surface area (Å²) in [5.74, 6) is -0.453. The first-order chi connectivity index (χ1) is 17.4. The second-order valence-corrected chi connectivity index (χ2v) is 9.76. The number of thiazole rings is 1. The molecule has 182 valence electrons. The predicted molar refractivity (Wildman–Crippen MR) is 144 cm³/mol. The van der Waals surface area contributed by atoms with Gasteiger partial charge >= 0.3 is 5.97 Å². The van der Waals surface area contributed by atoms with Crippen LogP contribution in [0.1, 0.15) is 36.6 Å². The summed E-state index contributed by atoms with van der Waals surface area (Å²) in [6.45, 7) is 10.4. The van der Waals surface area contributed by atoms with Gasteiger partial charge in [-0.3, -0.25) is 9.36 Å². The van der Waals surface area contributed by atoms with Gasteiger partial charge in [-0.15, -0.1) is 6.58 Å². The molecule has 6 nitrogen and oxygen atoms in total. The summed E-state index contributed by atoms with van der Waals surface area (Å²) in [4.78, 5) is 32.1. The van der Waals surface area contributed by atoms with Crippen LogP contribution in [-0.2, 0) is 16.1 Å².